The number of hydrogen-bond donors (Lipinski definition) is 2. The van der Waals surface area contributed by atoms with Gasteiger partial charge in [0.2, 0.25) is 0 Å². The zero-order valence-electron chi connectivity index (χ0n) is 7.06. The number of nitrogens with zero attached hydrogens (tertiary/aromatic N) is 1. The Balaban J connectivity index is 2.35. The molecule has 0 aromatic carbocycles. The normalized spacial score (nSPS) is 30.9. The summed E-state index contributed by atoms with van der Waals surface area (Å²) in [7, 11) is 1.63. The number of amidine groups is 1. The maximum absolute atomic E-state index is 8.36. The van der Waals surface area contributed by atoms with E-state index < -0.39 is 0 Å². The molecule has 2 atom stereocenters. The van der Waals surface area contributed by atoms with Crippen LogP contribution < -0.4 is 5.73 Å². The lowest BCUT2D eigenvalue weighted by atomic mass is 10.2. The second-order valence-electron chi connectivity index (χ2n) is 2.80. The van der Waals surface area contributed by atoms with Gasteiger partial charge >= 0.3 is 0 Å². The van der Waals surface area contributed by atoms with E-state index in [4.69, 9.17) is 20.4 Å². The smallest absolute Gasteiger partial charge is 0.168 e. The van der Waals surface area contributed by atoms with E-state index in [9.17, 15) is 0 Å². The fraction of sp³-hybridized carbons (Fsp3) is 0.857. The number of methoxy groups -OCH3 is 1. The minimum atomic E-state index is -0.241. The molecule has 12 heavy (non-hydrogen) atoms. The lowest BCUT2D eigenvalue weighted by Crippen LogP contribution is -2.29. The van der Waals surface area contributed by atoms with Gasteiger partial charge in [-0.2, -0.15) is 0 Å². The predicted molar refractivity (Wildman–Crippen MR) is 43.2 cm³/mol. The number of oxime groups is 1. The van der Waals surface area contributed by atoms with Crippen LogP contribution in [0.2, 0.25) is 0 Å². The maximum Gasteiger partial charge on any atom is 0.168 e. The van der Waals surface area contributed by atoms with Gasteiger partial charge in [-0.1, -0.05) is 5.16 Å². The molecule has 1 fully saturated rings. The van der Waals surface area contributed by atoms with Crippen molar-refractivity contribution in [2.45, 2.75) is 25.0 Å². The number of rotatable bonds is 3. The molecule has 1 aliphatic rings. The van der Waals surface area contributed by atoms with Gasteiger partial charge in [-0.15, -0.1) is 0 Å². The van der Waals surface area contributed by atoms with Gasteiger partial charge in [0.15, 0.2) is 5.84 Å². The first-order chi connectivity index (χ1) is 5.77. The second-order valence-corrected chi connectivity index (χ2v) is 2.80. The molecular formula is C7H14N2O3. The summed E-state index contributed by atoms with van der Waals surface area (Å²) < 4.78 is 10.3. The Hall–Kier alpha value is -0.810. The summed E-state index contributed by atoms with van der Waals surface area (Å²) in [6.07, 6.45) is 1.54. The van der Waals surface area contributed by atoms with E-state index in [1.807, 2.05) is 0 Å². The van der Waals surface area contributed by atoms with Crippen molar-refractivity contribution in [3.8, 4) is 0 Å². The van der Waals surface area contributed by atoms with Crippen molar-refractivity contribution in [1.29, 1.82) is 0 Å². The van der Waals surface area contributed by atoms with Gasteiger partial charge in [0, 0.05) is 7.11 Å². The molecule has 0 aromatic heterocycles. The Labute approximate surface area is 71.1 Å². The highest BCUT2D eigenvalue weighted by Crippen LogP contribution is 2.19. The molecule has 70 valence electrons. The van der Waals surface area contributed by atoms with Crippen molar-refractivity contribution >= 4 is 5.84 Å². The van der Waals surface area contributed by atoms with Gasteiger partial charge < -0.3 is 20.4 Å². The first-order valence-electron chi connectivity index (χ1n) is 3.89. The number of nitrogens with two attached hydrogens (primary N) is 1. The molecule has 0 bridgehead atoms. The summed E-state index contributed by atoms with van der Waals surface area (Å²) >= 11 is 0. The van der Waals surface area contributed by atoms with E-state index >= 15 is 0 Å². The van der Waals surface area contributed by atoms with Crippen LogP contribution in [0.3, 0.4) is 0 Å². The molecule has 0 radical (unpaired) electrons. The van der Waals surface area contributed by atoms with Crippen molar-refractivity contribution in [3.63, 3.8) is 0 Å². The van der Waals surface area contributed by atoms with E-state index in [-0.39, 0.29) is 18.0 Å². The monoisotopic (exact) mass is 174 g/mol. The molecule has 0 spiro atoms. The van der Waals surface area contributed by atoms with Gasteiger partial charge in [-0.3, -0.25) is 0 Å². The van der Waals surface area contributed by atoms with E-state index in [0.717, 1.165) is 12.8 Å². The molecule has 0 aromatic rings. The SMILES string of the molecule is COC[C@H]1CC[C@@H](/C(N)=N/O)O1. The van der Waals surface area contributed by atoms with Gasteiger partial charge in [0.25, 0.3) is 0 Å². The Morgan fingerprint density at radius 1 is 1.75 bits per heavy atom. The van der Waals surface area contributed by atoms with Crippen LogP contribution in [0.5, 0.6) is 0 Å². The van der Waals surface area contributed by atoms with Crippen LogP contribution in [0, 0.1) is 0 Å². The first kappa shape index (κ1) is 9.28. The van der Waals surface area contributed by atoms with Crippen LogP contribution in [0.15, 0.2) is 5.16 Å². The molecule has 1 heterocycles. The van der Waals surface area contributed by atoms with E-state index in [1.54, 1.807) is 7.11 Å². The molecule has 5 heteroatoms. The Kier molecular flexibility index (Phi) is 3.31. The van der Waals surface area contributed by atoms with E-state index in [1.165, 1.54) is 0 Å². The summed E-state index contributed by atoms with van der Waals surface area (Å²) in [5.74, 6) is 0.147. The highest BCUT2D eigenvalue weighted by atomic mass is 16.5. The molecule has 5 nitrogen and oxygen atoms in total. The summed E-state index contributed by atoms with van der Waals surface area (Å²) in [5, 5.41) is 11.3. The highest BCUT2D eigenvalue weighted by Gasteiger charge is 2.27. The lowest BCUT2D eigenvalue weighted by molar-refractivity contribution is 0.0197. The Bertz CT molecular complexity index is 172. The van der Waals surface area contributed by atoms with Crippen LogP contribution in [-0.4, -0.2) is 37.0 Å². The quantitative estimate of drug-likeness (QED) is 0.272. The van der Waals surface area contributed by atoms with Crippen LogP contribution in [0.1, 0.15) is 12.8 Å². The molecule has 1 aliphatic heterocycles. The Morgan fingerprint density at radius 3 is 3.08 bits per heavy atom. The zero-order valence-corrected chi connectivity index (χ0v) is 7.06. The van der Waals surface area contributed by atoms with Gasteiger partial charge in [-0.05, 0) is 12.8 Å². The summed E-state index contributed by atoms with van der Waals surface area (Å²) in [4.78, 5) is 0. The zero-order chi connectivity index (χ0) is 8.97. The predicted octanol–water partition coefficient (Wildman–Crippen LogP) is -0.0732. The molecule has 0 amide bonds. The van der Waals surface area contributed by atoms with Crippen LogP contribution in [-0.2, 0) is 9.47 Å². The fourth-order valence-corrected chi connectivity index (χ4v) is 1.30. The Morgan fingerprint density at radius 2 is 2.50 bits per heavy atom. The standard InChI is InChI=1S/C7H14N2O3/c1-11-4-5-2-3-6(12-5)7(8)9-10/h5-6,10H,2-4H2,1H3,(H2,8,9)/t5-,6+/m1/s1. The van der Waals surface area contributed by atoms with E-state index in [0.29, 0.717) is 6.61 Å². The number of ether oxygens (including phenoxy) is 2. The molecule has 1 rings (SSSR count). The largest absolute Gasteiger partial charge is 0.409 e. The second kappa shape index (κ2) is 4.27. The maximum atomic E-state index is 8.36. The molecular weight excluding hydrogens is 160 g/mol. The summed E-state index contributed by atoms with van der Waals surface area (Å²) in [6.45, 7) is 0.565. The summed E-state index contributed by atoms with van der Waals surface area (Å²) in [5.41, 5.74) is 5.37. The first-order valence-corrected chi connectivity index (χ1v) is 3.89. The lowest BCUT2D eigenvalue weighted by Gasteiger charge is -2.10. The number of hydrogen-bond acceptors (Lipinski definition) is 4. The van der Waals surface area contributed by atoms with Crippen LogP contribution in [0.4, 0.5) is 0 Å². The third kappa shape index (κ3) is 2.09. The van der Waals surface area contributed by atoms with Crippen molar-refractivity contribution < 1.29 is 14.7 Å². The average Bonchev–Trinajstić information content (AvgIpc) is 2.52. The van der Waals surface area contributed by atoms with Crippen LogP contribution >= 0.6 is 0 Å². The fourth-order valence-electron chi connectivity index (χ4n) is 1.30. The van der Waals surface area contributed by atoms with Gasteiger partial charge in [0.05, 0.1) is 12.7 Å². The van der Waals surface area contributed by atoms with Crippen molar-refractivity contribution in [3.05, 3.63) is 0 Å². The third-order valence-electron chi connectivity index (χ3n) is 1.91. The molecule has 3 N–H and O–H groups in total. The van der Waals surface area contributed by atoms with Crippen LogP contribution in [0.25, 0.3) is 0 Å². The average molecular weight is 174 g/mol. The molecule has 1 saturated heterocycles. The van der Waals surface area contributed by atoms with Crippen molar-refractivity contribution in [2.75, 3.05) is 13.7 Å². The van der Waals surface area contributed by atoms with Gasteiger partial charge in [0.1, 0.15) is 6.10 Å². The summed E-state index contributed by atoms with van der Waals surface area (Å²) in [6, 6.07) is 0. The molecule has 0 unspecified atom stereocenters. The van der Waals surface area contributed by atoms with Crippen molar-refractivity contribution in [2.24, 2.45) is 10.9 Å². The van der Waals surface area contributed by atoms with E-state index in [2.05, 4.69) is 5.16 Å². The topological polar surface area (TPSA) is 77.1 Å². The molecule has 0 aliphatic carbocycles. The van der Waals surface area contributed by atoms with Gasteiger partial charge in [-0.25, -0.2) is 0 Å². The van der Waals surface area contributed by atoms with Crippen molar-refractivity contribution in [1.82, 2.24) is 0 Å². The highest BCUT2D eigenvalue weighted by molar-refractivity contribution is 5.84. The minimum Gasteiger partial charge on any atom is -0.409 e. The molecule has 0 saturated carbocycles. The third-order valence-corrected chi connectivity index (χ3v) is 1.91. The minimum absolute atomic E-state index is 0.0836.